The van der Waals surface area contributed by atoms with Crippen molar-refractivity contribution in [2.75, 3.05) is 32.6 Å². The Labute approximate surface area is 151 Å². The number of rotatable bonds is 4. The molecule has 138 valence electrons. The van der Waals surface area contributed by atoms with Crippen LogP contribution in [0.15, 0.2) is 41.3 Å². The number of pyridine rings is 1. The number of ether oxygens (including phenoxy) is 2. The molecule has 7 nitrogen and oxygen atoms in total. The Morgan fingerprint density at radius 1 is 1.15 bits per heavy atom. The van der Waals surface area contributed by atoms with Crippen molar-refractivity contribution in [2.45, 2.75) is 18.8 Å². The van der Waals surface area contributed by atoms with Gasteiger partial charge in [-0.1, -0.05) is 0 Å². The minimum atomic E-state index is -0.166. The van der Waals surface area contributed by atoms with Gasteiger partial charge in [0.05, 0.1) is 19.9 Å². The van der Waals surface area contributed by atoms with Crippen LogP contribution in [0.3, 0.4) is 0 Å². The minimum absolute atomic E-state index is 0.0900. The number of urea groups is 1. The number of anilines is 1. The second kappa shape index (κ2) is 7.95. The van der Waals surface area contributed by atoms with Gasteiger partial charge in [-0.15, -0.1) is 0 Å². The molecule has 3 rings (SSSR count). The molecule has 0 radical (unpaired) electrons. The Bertz CT molecular complexity index is 826. The maximum absolute atomic E-state index is 12.6. The van der Waals surface area contributed by atoms with Gasteiger partial charge in [0.1, 0.15) is 11.5 Å². The fourth-order valence-electron chi connectivity index (χ4n) is 3.24. The van der Waals surface area contributed by atoms with Crippen LogP contribution in [0.25, 0.3) is 0 Å². The van der Waals surface area contributed by atoms with Crippen LogP contribution < -0.4 is 20.3 Å². The first-order chi connectivity index (χ1) is 12.6. The normalized spacial score (nSPS) is 14.8. The quantitative estimate of drug-likeness (QED) is 0.881. The fraction of sp³-hybridized carbons (Fsp3) is 0.368. The van der Waals surface area contributed by atoms with Gasteiger partial charge in [0, 0.05) is 31.4 Å². The number of likely N-dealkylation sites (tertiary alicyclic amines) is 1. The summed E-state index contributed by atoms with van der Waals surface area (Å²) in [6.07, 6.45) is 3.32. The van der Waals surface area contributed by atoms with Crippen molar-refractivity contribution in [3.63, 3.8) is 0 Å². The molecule has 1 aliphatic heterocycles. The van der Waals surface area contributed by atoms with Gasteiger partial charge in [0.25, 0.3) is 0 Å². The van der Waals surface area contributed by atoms with Crippen LogP contribution >= 0.6 is 0 Å². The van der Waals surface area contributed by atoms with Crippen molar-refractivity contribution in [3.8, 4) is 11.5 Å². The summed E-state index contributed by atoms with van der Waals surface area (Å²) >= 11 is 0. The second-order valence-electron chi connectivity index (χ2n) is 6.24. The third-order valence-corrected chi connectivity index (χ3v) is 4.70. The molecular weight excluding hydrogens is 334 g/mol. The Morgan fingerprint density at radius 3 is 2.58 bits per heavy atom. The van der Waals surface area contributed by atoms with E-state index in [1.807, 2.05) is 6.07 Å². The molecule has 0 unspecified atom stereocenters. The average molecular weight is 357 g/mol. The van der Waals surface area contributed by atoms with E-state index >= 15 is 0 Å². The Hall–Kier alpha value is -2.96. The number of nitrogens with zero attached hydrogens (tertiary/aromatic N) is 1. The van der Waals surface area contributed by atoms with Gasteiger partial charge in [0.15, 0.2) is 0 Å². The molecule has 1 aromatic carbocycles. The average Bonchev–Trinajstić information content (AvgIpc) is 2.68. The first kappa shape index (κ1) is 17.8. The molecular formula is C19H23N3O4. The van der Waals surface area contributed by atoms with Crippen LogP contribution in [-0.2, 0) is 0 Å². The van der Waals surface area contributed by atoms with Crippen molar-refractivity contribution < 1.29 is 14.3 Å². The Kier molecular flexibility index (Phi) is 5.46. The van der Waals surface area contributed by atoms with E-state index in [-0.39, 0.29) is 11.6 Å². The molecule has 2 heterocycles. The van der Waals surface area contributed by atoms with Gasteiger partial charge in [-0.25, -0.2) is 4.79 Å². The predicted octanol–water partition coefficient (Wildman–Crippen LogP) is 2.80. The van der Waals surface area contributed by atoms with Gasteiger partial charge in [-0.05, 0) is 42.5 Å². The number of amides is 2. The fourth-order valence-corrected chi connectivity index (χ4v) is 3.24. The van der Waals surface area contributed by atoms with Crippen LogP contribution in [0.2, 0.25) is 0 Å². The monoisotopic (exact) mass is 357 g/mol. The first-order valence-corrected chi connectivity index (χ1v) is 8.57. The highest BCUT2D eigenvalue weighted by Gasteiger charge is 2.24. The summed E-state index contributed by atoms with van der Waals surface area (Å²) in [6.45, 7) is 1.27. The van der Waals surface area contributed by atoms with Crippen LogP contribution in [-0.4, -0.2) is 43.2 Å². The molecule has 2 N–H and O–H groups in total. The smallest absolute Gasteiger partial charge is 0.321 e. The molecule has 0 bridgehead atoms. The lowest BCUT2D eigenvalue weighted by Gasteiger charge is -2.32. The van der Waals surface area contributed by atoms with E-state index in [1.165, 1.54) is 0 Å². The third-order valence-electron chi connectivity index (χ3n) is 4.70. The number of benzene rings is 1. The van der Waals surface area contributed by atoms with E-state index in [2.05, 4.69) is 10.3 Å². The van der Waals surface area contributed by atoms with E-state index in [0.29, 0.717) is 36.2 Å². The number of hydrogen-bond acceptors (Lipinski definition) is 4. The van der Waals surface area contributed by atoms with E-state index < -0.39 is 0 Å². The summed E-state index contributed by atoms with van der Waals surface area (Å²) in [4.78, 5) is 28.5. The zero-order chi connectivity index (χ0) is 18.5. The van der Waals surface area contributed by atoms with Gasteiger partial charge in [-0.2, -0.15) is 0 Å². The van der Waals surface area contributed by atoms with E-state index in [1.54, 1.807) is 49.6 Å². The van der Waals surface area contributed by atoms with Crippen molar-refractivity contribution in [1.29, 1.82) is 0 Å². The first-order valence-electron chi connectivity index (χ1n) is 8.57. The molecule has 2 amide bonds. The van der Waals surface area contributed by atoms with Crippen LogP contribution in [0, 0.1) is 0 Å². The maximum atomic E-state index is 12.6. The van der Waals surface area contributed by atoms with Gasteiger partial charge in [-0.3, -0.25) is 4.79 Å². The van der Waals surface area contributed by atoms with Crippen molar-refractivity contribution in [2.24, 2.45) is 0 Å². The number of carbonyl (C=O) groups excluding carboxylic acids is 1. The topological polar surface area (TPSA) is 83.7 Å². The lowest BCUT2D eigenvalue weighted by atomic mass is 9.90. The lowest BCUT2D eigenvalue weighted by Crippen LogP contribution is -2.40. The SMILES string of the molecule is COc1ccc(OC)c(NC(=O)N2CCC(c3cc[nH]c(=O)c3)CC2)c1. The molecule has 1 aliphatic rings. The molecule has 1 aromatic heterocycles. The second-order valence-corrected chi connectivity index (χ2v) is 6.24. The number of methoxy groups -OCH3 is 2. The summed E-state index contributed by atoms with van der Waals surface area (Å²) in [5, 5.41) is 2.90. The zero-order valence-electron chi connectivity index (χ0n) is 15.0. The zero-order valence-corrected chi connectivity index (χ0v) is 15.0. The number of H-pyrrole nitrogens is 1. The van der Waals surface area contributed by atoms with Crippen molar-refractivity contribution in [1.82, 2.24) is 9.88 Å². The van der Waals surface area contributed by atoms with Crippen molar-refractivity contribution in [3.05, 3.63) is 52.4 Å². The highest BCUT2D eigenvalue weighted by atomic mass is 16.5. The number of piperidine rings is 1. The van der Waals surface area contributed by atoms with Gasteiger partial charge in [0.2, 0.25) is 5.56 Å². The van der Waals surface area contributed by atoms with Crippen LogP contribution in [0.5, 0.6) is 11.5 Å². The molecule has 0 saturated carbocycles. The molecule has 0 atom stereocenters. The van der Waals surface area contributed by atoms with Gasteiger partial charge < -0.3 is 24.7 Å². The van der Waals surface area contributed by atoms with Gasteiger partial charge >= 0.3 is 6.03 Å². The standard InChI is InChI=1S/C19H23N3O4/c1-25-15-3-4-17(26-2)16(12-15)21-19(24)22-9-6-13(7-10-22)14-5-8-20-18(23)11-14/h3-5,8,11-13H,6-7,9-10H2,1-2H3,(H,20,23)(H,21,24). The highest BCUT2D eigenvalue weighted by molar-refractivity contribution is 5.91. The molecule has 1 saturated heterocycles. The highest BCUT2D eigenvalue weighted by Crippen LogP contribution is 2.30. The number of nitrogens with one attached hydrogen (secondary N) is 2. The summed E-state index contributed by atoms with van der Waals surface area (Å²) < 4.78 is 10.5. The van der Waals surface area contributed by atoms with Crippen LogP contribution in [0.4, 0.5) is 10.5 Å². The largest absolute Gasteiger partial charge is 0.497 e. The molecule has 2 aromatic rings. The molecule has 1 fully saturated rings. The van der Waals surface area contributed by atoms with E-state index in [0.717, 1.165) is 18.4 Å². The Morgan fingerprint density at radius 2 is 1.92 bits per heavy atom. The van der Waals surface area contributed by atoms with E-state index in [4.69, 9.17) is 9.47 Å². The summed E-state index contributed by atoms with van der Waals surface area (Å²) in [7, 11) is 3.14. The predicted molar refractivity (Wildman–Crippen MR) is 99.2 cm³/mol. The molecule has 0 spiro atoms. The summed E-state index contributed by atoms with van der Waals surface area (Å²) in [5.41, 5.74) is 1.52. The third kappa shape index (κ3) is 3.99. The summed E-state index contributed by atoms with van der Waals surface area (Å²) in [5.74, 6) is 1.53. The lowest BCUT2D eigenvalue weighted by molar-refractivity contribution is 0.194. The van der Waals surface area contributed by atoms with E-state index in [9.17, 15) is 9.59 Å². The molecule has 26 heavy (non-hydrogen) atoms. The number of hydrogen-bond donors (Lipinski definition) is 2. The Balaban J connectivity index is 1.63. The number of aromatic amines is 1. The van der Waals surface area contributed by atoms with Crippen molar-refractivity contribution >= 4 is 11.7 Å². The molecule has 0 aliphatic carbocycles. The number of aromatic nitrogens is 1. The van der Waals surface area contributed by atoms with Crippen LogP contribution in [0.1, 0.15) is 24.3 Å². The molecule has 7 heteroatoms. The maximum Gasteiger partial charge on any atom is 0.321 e. The summed E-state index contributed by atoms with van der Waals surface area (Å²) in [6, 6.07) is 8.68. The number of carbonyl (C=O) groups is 1. The minimum Gasteiger partial charge on any atom is -0.497 e.